The van der Waals surface area contributed by atoms with Crippen molar-refractivity contribution in [1.29, 1.82) is 0 Å². The fourth-order valence-corrected chi connectivity index (χ4v) is 2.59. The largest absolute Gasteiger partial charge is 0.494 e. The minimum Gasteiger partial charge on any atom is -0.494 e. The Hall–Kier alpha value is -3.34. The summed E-state index contributed by atoms with van der Waals surface area (Å²) in [7, 11) is 0. The van der Waals surface area contributed by atoms with Gasteiger partial charge in [0.2, 0.25) is 0 Å². The smallest absolute Gasteiger partial charge is 0.253 e. The third-order valence-electron chi connectivity index (χ3n) is 4.03. The number of carbonyl (C=O) groups is 1. The monoisotopic (exact) mass is 361 g/mol. The van der Waals surface area contributed by atoms with Crippen LogP contribution in [0.4, 0.5) is 11.4 Å². The summed E-state index contributed by atoms with van der Waals surface area (Å²) in [5.74, 6) is 0.670. The Morgan fingerprint density at radius 1 is 1.00 bits per heavy atom. The van der Waals surface area contributed by atoms with Crippen LogP contribution in [0.2, 0.25) is 0 Å². The maximum Gasteiger partial charge on any atom is 0.253 e. The standard InChI is InChI=1S/C22H23N3O2/c1-3-27-21-10-8-19(9-11-21)25-20-12-18(14-23-15-20)22(26)24-13-17-6-4-16(2)5-7-17/h4-12,14-15,25H,3,13H2,1-2H3,(H,24,26). The average Bonchev–Trinajstić information content (AvgIpc) is 2.69. The summed E-state index contributed by atoms with van der Waals surface area (Å²) in [6.45, 7) is 5.11. The molecule has 0 bridgehead atoms. The second kappa shape index (κ2) is 8.85. The Kier molecular flexibility index (Phi) is 6.05. The summed E-state index contributed by atoms with van der Waals surface area (Å²) in [4.78, 5) is 16.6. The van der Waals surface area contributed by atoms with Crippen molar-refractivity contribution < 1.29 is 9.53 Å². The van der Waals surface area contributed by atoms with Crippen molar-refractivity contribution in [2.45, 2.75) is 20.4 Å². The number of ether oxygens (including phenoxy) is 1. The Morgan fingerprint density at radius 2 is 1.74 bits per heavy atom. The molecule has 1 aromatic heterocycles. The lowest BCUT2D eigenvalue weighted by Gasteiger charge is -2.10. The van der Waals surface area contributed by atoms with E-state index in [0.717, 1.165) is 22.7 Å². The first-order chi connectivity index (χ1) is 13.1. The molecule has 0 atom stereocenters. The van der Waals surface area contributed by atoms with E-state index in [-0.39, 0.29) is 5.91 Å². The molecule has 1 heterocycles. The highest BCUT2D eigenvalue weighted by Crippen LogP contribution is 2.20. The summed E-state index contributed by atoms with van der Waals surface area (Å²) in [5.41, 5.74) is 4.42. The van der Waals surface area contributed by atoms with Crippen LogP contribution in [0.3, 0.4) is 0 Å². The summed E-state index contributed by atoms with van der Waals surface area (Å²) in [5, 5.41) is 6.17. The highest BCUT2D eigenvalue weighted by molar-refractivity contribution is 5.94. The SMILES string of the molecule is CCOc1ccc(Nc2cncc(C(=O)NCc3ccc(C)cc3)c2)cc1. The molecule has 0 aliphatic rings. The molecule has 0 unspecified atom stereocenters. The maximum absolute atomic E-state index is 12.4. The first-order valence-corrected chi connectivity index (χ1v) is 8.92. The van der Waals surface area contributed by atoms with Gasteiger partial charge in [0.1, 0.15) is 5.75 Å². The second-order valence-corrected chi connectivity index (χ2v) is 6.21. The van der Waals surface area contributed by atoms with E-state index in [1.54, 1.807) is 18.5 Å². The minimum atomic E-state index is -0.154. The molecule has 0 saturated heterocycles. The van der Waals surface area contributed by atoms with Gasteiger partial charge < -0.3 is 15.4 Å². The summed E-state index contributed by atoms with van der Waals surface area (Å²) >= 11 is 0. The van der Waals surface area contributed by atoms with Gasteiger partial charge in [-0.3, -0.25) is 9.78 Å². The molecule has 5 heteroatoms. The van der Waals surface area contributed by atoms with E-state index >= 15 is 0 Å². The van der Waals surface area contributed by atoms with Gasteiger partial charge in [-0.1, -0.05) is 29.8 Å². The van der Waals surface area contributed by atoms with Crippen molar-refractivity contribution in [2.75, 3.05) is 11.9 Å². The molecule has 1 amide bonds. The lowest BCUT2D eigenvalue weighted by Crippen LogP contribution is -2.23. The maximum atomic E-state index is 12.4. The zero-order valence-corrected chi connectivity index (χ0v) is 15.5. The highest BCUT2D eigenvalue weighted by atomic mass is 16.5. The summed E-state index contributed by atoms with van der Waals surface area (Å²) in [6.07, 6.45) is 3.25. The Labute approximate surface area is 159 Å². The third-order valence-corrected chi connectivity index (χ3v) is 4.03. The van der Waals surface area contributed by atoms with Gasteiger partial charge >= 0.3 is 0 Å². The number of nitrogens with one attached hydrogen (secondary N) is 2. The van der Waals surface area contributed by atoms with Gasteiger partial charge in [0.15, 0.2) is 0 Å². The van der Waals surface area contributed by atoms with Gasteiger partial charge in [0.25, 0.3) is 5.91 Å². The molecular formula is C22H23N3O2. The van der Waals surface area contributed by atoms with E-state index in [1.807, 2.05) is 62.4 Å². The van der Waals surface area contributed by atoms with E-state index in [4.69, 9.17) is 4.74 Å². The second-order valence-electron chi connectivity index (χ2n) is 6.21. The van der Waals surface area contributed by atoms with Crippen LogP contribution in [-0.2, 0) is 6.54 Å². The molecule has 0 fully saturated rings. The molecule has 5 nitrogen and oxygen atoms in total. The van der Waals surface area contributed by atoms with Gasteiger partial charge in [0.05, 0.1) is 24.1 Å². The Bertz CT molecular complexity index is 890. The number of rotatable bonds is 7. The highest BCUT2D eigenvalue weighted by Gasteiger charge is 2.07. The number of aryl methyl sites for hydroxylation is 1. The van der Waals surface area contributed by atoms with Gasteiger partial charge in [-0.2, -0.15) is 0 Å². The first-order valence-electron chi connectivity index (χ1n) is 8.92. The molecule has 27 heavy (non-hydrogen) atoms. The zero-order chi connectivity index (χ0) is 19.1. The van der Waals surface area contributed by atoms with Crippen molar-refractivity contribution in [3.8, 4) is 5.75 Å². The van der Waals surface area contributed by atoms with E-state index in [1.165, 1.54) is 5.56 Å². The fourth-order valence-electron chi connectivity index (χ4n) is 2.59. The van der Waals surface area contributed by atoms with Crippen LogP contribution in [0.5, 0.6) is 5.75 Å². The minimum absolute atomic E-state index is 0.154. The van der Waals surface area contributed by atoms with E-state index in [0.29, 0.717) is 18.7 Å². The van der Waals surface area contributed by atoms with Crippen LogP contribution in [0.25, 0.3) is 0 Å². The van der Waals surface area contributed by atoms with Gasteiger partial charge in [0, 0.05) is 18.4 Å². The van der Waals surface area contributed by atoms with Crippen molar-refractivity contribution in [3.05, 3.63) is 83.7 Å². The van der Waals surface area contributed by atoms with Crippen molar-refractivity contribution in [3.63, 3.8) is 0 Å². The molecular weight excluding hydrogens is 338 g/mol. The van der Waals surface area contributed by atoms with Crippen LogP contribution < -0.4 is 15.4 Å². The van der Waals surface area contributed by atoms with Crippen LogP contribution in [-0.4, -0.2) is 17.5 Å². The lowest BCUT2D eigenvalue weighted by atomic mass is 10.1. The van der Waals surface area contributed by atoms with Gasteiger partial charge in [-0.25, -0.2) is 0 Å². The molecule has 2 N–H and O–H groups in total. The number of hydrogen-bond donors (Lipinski definition) is 2. The number of hydrogen-bond acceptors (Lipinski definition) is 4. The average molecular weight is 361 g/mol. The topological polar surface area (TPSA) is 63.2 Å². The molecule has 0 radical (unpaired) electrons. The number of benzene rings is 2. The van der Waals surface area contributed by atoms with Crippen LogP contribution in [0.1, 0.15) is 28.4 Å². The zero-order valence-electron chi connectivity index (χ0n) is 15.5. The lowest BCUT2D eigenvalue weighted by molar-refractivity contribution is 0.0950. The van der Waals surface area contributed by atoms with Crippen molar-refractivity contribution >= 4 is 17.3 Å². The Balaban J connectivity index is 1.62. The number of amides is 1. The number of pyridine rings is 1. The summed E-state index contributed by atoms with van der Waals surface area (Å²) in [6, 6.07) is 17.5. The number of carbonyl (C=O) groups excluding carboxylic acids is 1. The van der Waals surface area contributed by atoms with Gasteiger partial charge in [-0.15, -0.1) is 0 Å². The molecule has 0 aliphatic carbocycles. The molecule has 0 saturated carbocycles. The van der Waals surface area contributed by atoms with Crippen LogP contribution >= 0.6 is 0 Å². The molecule has 3 aromatic rings. The number of aromatic nitrogens is 1. The number of anilines is 2. The molecule has 0 aliphatic heterocycles. The predicted molar refractivity (Wildman–Crippen MR) is 107 cm³/mol. The fraction of sp³-hybridized carbons (Fsp3) is 0.182. The van der Waals surface area contributed by atoms with Crippen molar-refractivity contribution in [1.82, 2.24) is 10.3 Å². The molecule has 0 spiro atoms. The van der Waals surface area contributed by atoms with Crippen molar-refractivity contribution in [2.24, 2.45) is 0 Å². The predicted octanol–water partition coefficient (Wildman–Crippen LogP) is 4.46. The van der Waals surface area contributed by atoms with Crippen LogP contribution in [0.15, 0.2) is 67.0 Å². The quantitative estimate of drug-likeness (QED) is 0.652. The molecule has 2 aromatic carbocycles. The normalized spacial score (nSPS) is 10.3. The van der Waals surface area contributed by atoms with E-state index < -0.39 is 0 Å². The first kappa shape index (κ1) is 18.5. The summed E-state index contributed by atoms with van der Waals surface area (Å²) < 4.78 is 5.44. The van der Waals surface area contributed by atoms with E-state index in [2.05, 4.69) is 15.6 Å². The van der Waals surface area contributed by atoms with Crippen LogP contribution in [0, 0.1) is 6.92 Å². The third kappa shape index (κ3) is 5.31. The Morgan fingerprint density at radius 3 is 2.44 bits per heavy atom. The van der Waals surface area contributed by atoms with Gasteiger partial charge in [-0.05, 0) is 49.7 Å². The number of nitrogens with zero attached hydrogens (tertiary/aromatic N) is 1. The molecule has 3 rings (SSSR count). The van der Waals surface area contributed by atoms with E-state index in [9.17, 15) is 4.79 Å². The molecule has 138 valence electrons.